The lowest BCUT2D eigenvalue weighted by molar-refractivity contribution is 0.0785. The third-order valence-corrected chi connectivity index (χ3v) is 4.49. The van der Waals surface area contributed by atoms with Gasteiger partial charge in [0.2, 0.25) is 0 Å². The molecule has 3 aromatic carbocycles. The summed E-state index contributed by atoms with van der Waals surface area (Å²) in [6.07, 6.45) is 0.961. The first-order valence-corrected chi connectivity index (χ1v) is 9.14. The van der Waals surface area contributed by atoms with E-state index in [1.807, 2.05) is 37.4 Å². The lowest BCUT2D eigenvalue weighted by Crippen LogP contribution is -2.26. The highest BCUT2D eigenvalue weighted by Gasteiger charge is 2.15. The molecule has 0 unspecified atom stereocenters. The van der Waals surface area contributed by atoms with E-state index in [4.69, 9.17) is 0 Å². The number of carbonyl (C=O) groups excluding carboxylic acids is 1. The van der Waals surface area contributed by atoms with Crippen LogP contribution in [0.25, 0.3) is 10.8 Å². The van der Waals surface area contributed by atoms with Crippen LogP contribution >= 0.6 is 0 Å². The molecule has 0 saturated heterocycles. The van der Waals surface area contributed by atoms with E-state index in [-0.39, 0.29) is 11.3 Å². The zero-order valence-corrected chi connectivity index (χ0v) is 16.1. The maximum Gasteiger partial charge on any atom is 0.253 e. The Hall–Kier alpha value is -2.61. The Balaban J connectivity index is 1.75. The zero-order valence-electron chi connectivity index (χ0n) is 16.1. The van der Waals surface area contributed by atoms with Gasteiger partial charge in [0, 0.05) is 19.2 Å². The van der Waals surface area contributed by atoms with E-state index in [1.54, 1.807) is 4.90 Å². The molecule has 0 aliphatic heterocycles. The number of hydrogen-bond acceptors (Lipinski definition) is 1. The van der Waals surface area contributed by atoms with Crippen molar-refractivity contribution in [1.82, 2.24) is 4.90 Å². The van der Waals surface area contributed by atoms with Crippen LogP contribution in [0.1, 0.15) is 42.3 Å². The summed E-state index contributed by atoms with van der Waals surface area (Å²) < 4.78 is 0. The number of amides is 1. The Kier molecular flexibility index (Phi) is 5.13. The molecule has 0 aliphatic carbocycles. The van der Waals surface area contributed by atoms with Crippen LogP contribution in [0.3, 0.4) is 0 Å². The van der Waals surface area contributed by atoms with Crippen LogP contribution in [0.2, 0.25) is 0 Å². The molecule has 0 aromatic heterocycles. The highest BCUT2D eigenvalue weighted by Crippen LogP contribution is 2.22. The van der Waals surface area contributed by atoms with Gasteiger partial charge in [-0.1, -0.05) is 69.3 Å². The molecule has 3 rings (SSSR count). The van der Waals surface area contributed by atoms with Crippen molar-refractivity contribution in [3.63, 3.8) is 0 Å². The fourth-order valence-electron chi connectivity index (χ4n) is 3.33. The molecular weight excluding hydrogens is 318 g/mol. The Labute approximate surface area is 156 Å². The van der Waals surface area contributed by atoms with Crippen molar-refractivity contribution >= 4 is 16.7 Å². The van der Waals surface area contributed by atoms with Gasteiger partial charge in [0.15, 0.2) is 0 Å². The Morgan fingerprint density at radius 2 is 1.58 bits per heavy atom. The molecule has 26 heavy (non-hydrogen) atoms. The van der Waals surface area contributed by atoms with Crippen LogP contribution < -0.4 is 0 Å². The van der Waals surface area contributed by atoms with Gasteiger partial charge < -0.3 is 4.90 Å². The van der Waals surface area contributed by atoms with Crippen molar-refractivity contribution in [2.24, 2.45) is 5.41 Å². The van der Waals surface area contributed by atoms with Gasteiger partial charge in [0.05, 0.1) is 0 Å². The monoisotopic (exact) mass is 345 g/mol. The second-order valence-electron chi connectivity index (χ2n) is 8.28. The van der Waals surface area contributed by atoms with E-state index in [0.717, 1.165) is 17.5 Å². The zero-order chi connectivity index (χ0) is 18.7. The molecule has 0 saturated carbocycles. The summed E-state index contributed by atoms with van der Waals surface area (Å²) in [7, 11) is 1.87. The highest BCUT2D eigenvalue weighted by atomic mass is 16.2. The minimum absolute atomic E-state index is 0.0638. The lowest BCUT2D eigenvalue weighted by Gasteiger charge is -2.20. The van der Waals surface area contributed by atoms with Gasteiger partial charge in [-0.05, 0) is 51.9 Å². The van der Waals surface area contributed by atoms with Crippen molar-refractivity contribution < 1.29 is 4.79 Å². The summed E-state index contributed by atoms with van der Waals surface area (Å²) in [4.78, 5) is 14.6. The average Bonchev–Trinajstić information content (AvgIpc) is 2.59. The summed E-state index contributed by atoms with van der Waals surface area (Å²) in [5, 5.41) is 2.43. The number of rotatable bonds is 4. The summed E-state index contributed by atoms with van der Waals surface area (Å²) in [5.74, 6) is 0.0638. The van der Waals surface area contributed by atoms with E-state index >= 15 is 0 Å². The van der Waals surface area contributed by atoms with Gasteiger partial charge in [0.1, 0.15) is 0 Å². The summed E-state index contributed by atoms with van der Waals surface area (Å²) in [6, 6.07) is 22.7. The molecule has 0 fully saturated rings. The highest BCUT2D eigenvalue weighted by molar-refractivity contribution is 5.94. The molecule has 1 amide bonds. The van der Waals surface area contributed by atoms with Gasteiger partial charge in [-0.2, -0.15) is 0 Å². The molecule has 2 nitrogen and oxygen atoms in total. The molecule has 0 N–H and O–H groups in total. The van der Waals surface area contributed by atoms with E-state index < -0.39 is 0 Å². The van der Waals surface area contributed by atoms with Crippen molar-refractivity contribution in [1.29, 1.82) is 0 Å². The molecule has 3 aromatic rings. The number of nitrogens with zero attached hydrogens (tertiary/aromatic N) is 1. The van der Waals surface area contributed by atoms with Crippen molar-refractivity contribution in [2.75, 3.05) is 7.05 Å². The van der Waals surface area contributed by atoms with Gasteiger partial charge in [-0.15, -0.1) is 0 Å². The molecule has 0 radical (unpaired) electrons. The predicted octanol–water partition coefficient (Wildman–Crippen LogP) is 5.70. The molecule has 2 heteroatoms. The second-order valence-corrected chi connectivity index (χ2v) is 8.28. The van der Waals surface area contributed by atoms with E-state index in [0.29, 0.717) is 6.54 Å². The molecule has 0 atom stereocenters. The Morgan fingerprint density at radius 1 is 0.846 bits per heavy atom. The molecule has 134 valence electrons. The fraction of sp³-hybridized carbons (Fsp3) is 0.292. The first-order chi connectivity index (χ1) is 12.3. The SMILES string of the molecule is CN(Cc1ccc2ccccc2c1)C(=O)c1cccc(CC(C)(C)C)c1. The van der Waals surface area contributed by atoms with Crippen molar-refractivity contribution in [3.8, 4) is 0 Å². The Morgan fingerprint density at radius 3 is 2.31 bits per heavy atom. The summed E-state index contributed by atoms with van der Waals surface area (Å²) in [5.41, 5.74) is 3.32. The van der Waals surface area contributed by atoms with Gasteiger partial charge in [-0.3, -0.25) is 4.79 Å². The number of fused-ring (bicyclic) bond motifs is 1. The Bertz CT molecular complexity index is 921. The first kappa shape index (κ1) is 18.2. The minimum atomic E-state index is 0.0638. The van der Waals surface area contributed by atoms with Crippen LogP contribution in [0.5, 0.6) is 0 Å². The third kappa shape index (κ3) is 4.51. The average molecular weight is 345 g/mol. The van der Waals surface area contributed by atoms with Gasteiger partial charge in [-0.25, -0.2) is 0 Å². The van der Waals surface area contributed by atoms with Crippen LogP contribution in [-0.2, 0) is 13.0 Å². The molecule has 0 spiro atoms. The van der Waals surface area contributed by atoms with Crippen LogP contribution in [0, 0.1) is 5.41 Å². The summed E-state index contributed by atoms with van der Waals surface area (Å²) in [6.45, 7) is 7.25. The number of carbonyl (C=O) groups is 1. The fourth-order valence-corrected chi connectivity index (χ4v) is 3.33. The van der Waals surface area contributed by atoms with Crippen LogP contribution in [0.15, 0.2) is 66.7 Å². The largest absolute Gasteiger partial charge is 0.337 e. The maximum atomic E-state index is 12.9. The number of benzene rings is 3. The first-order valence-electron chi connectivity index (χ1n) is 9.14. The molecule has 0 heterocycles. The van der Waals surface area contributed by atoms with Crippen molar-refractivity contribution in [2.45, 2.75) is 33.7 Å². The standard InChI is InChI=1S/C24H27NO/c1-24(2,3)16-18-8-7-11-22(14-18)23(26)25(4)17-19-12-13-20-9-5-6-10-21(20)15-19/h5-15H,16-17H2,1-4H3. The number of hydrogen-bond donors (Lipinski definition) is 0. The van der Waals surface area contributed by atoms with Crippen LogP contribution in [0.4, 0.5) is 0 Å². The predicted molar refractivity (Wildman–Crippen MR) is 109 cm³/mol. The smallest absolute Gasteiger partial charge is 0.253 e. The van der Waals surface area contributed by atoms with Crippen molar-refractivity contribution in [3.05, 3.63) is 83.4 Å². The maximum absolute atomic E-state index is 12.9. The van der Waals surface area contributed by atoms with Crippen LogP contribution in [-0.4, -0.2) is 17.9 Å². The van der Waals surface area contributed by atoms with E-state index in [1.165, 1.54) is 16.3 Å². The molecular formula is C24H27NO. The topological polar surface area (TPSA) is 20.3 Å². The van der Waals surface area contributed by atoms with E-state index in [9.17, 15) is 4.79 Å². The normalized spacial score (nSPS) is 11.5. The molecule has 0 aliphatic rings. The third-order valence-electron chi connectivity index (χ3n) is 4.49. The second kappa shape index (κ2) is 7.33. The van der Waals surface area contributed by atoms with Gasteiger partial charge >= 0.3 is 0 Å². The molecule has 0 bridgehead atoms. The van der Waals surface area contributed by atoms with E-state index in [2.05, 4.69) is 57.2 Å². The minimum Gasteiger partial charge on any atom is -0.337 e. The summed E-state index contributed by atoms with van der Waals surface area (Å²) >= 11 is 0. The lowest BCUT2D eigenvalue weighted by atomic mass is 9.87. The quantitative estimate of drug-likeness (QED) is 0.594. The van der Waals surface area contributed by atoms with Gasteiger partial charge in [0.25, 0.3) is 5.91 Å².